The number of hydrogen-bond donors (Lipinski definition) is 2. The SMILES string of the molecule is Cc1ccc(CNC(=O)CCC(C)(C)N)cc1C. The van der Waals surface area contributed by atoms with Gasteiger partial charge in [0.1, 0.15) is 0 Å². The molecule has 0 saturated carbocycles. The summed E-state index contributed by atoms with van der Waals surface area (Å²) in [6, 6.07) is 6.25. The van der Waals surface area contributed by atoms with E-state index in [0.29, 0.717) is 19.4 Å². The van der Waals surface area contributed by atoms with Crippen LogP contribution >= 0.6 is 0 Å². The van der Waals surface area contributed by atoms with Crippen molar-refractivity contribution in [2.45, 2.75) is 52.6 Å². The predicted molar refractivity (Wildman–Crippen MR) is 75.3 cm³/mol. The van der Waals surface area contributed by atoms with Crippen molar-refractivity contribution < 1.29 is 4.79 Å². The Balaban J connectivity index is 2.40. The molecule has 0 heterocycles. The fraction of sp³-hybridized carbons (Fsp3) is 0.533. The van der Waals surface area contributed by atoms with Crippen molar-refractivity contribution in [3.05, 3.63) is 34.9 Å². The smallest absolute Gasteiger partial charge is 0.220 e. The molecule has 3 nitrogen and oxygen atoms in total. The molecule has 0 bridgehead atoms. The van der Waals surface area contributed by atoms with Gasteiger partial charge in [0, 0.05) is 18.5 Å². The summed E-state index contributed by atoms with van der Waals surface area (Å²) in [7, 11) is 0. The molecule has 0 aliphatic heterocycles. The van der Waals surface area contributed by atoms with Crippen LogP contribution in [0.15, 0.2) is 18.2 Å². The summed E-state index contributed by atoms with van der Waals surface area (Å²) in [4.78, 5) is 11.6. The van der Waals surface area contributed by atoms with Crippen molar-refractivity contribution in [2.24, 2.45) is 5.73 Å². The Kier molecular flexibility index (Phi) is 4.91. The minimum atomic E-state index is -0.280. The van der Waals surface area contributed by atoms with Crippen molar-refractivity contribution >= 4 is 5.91 Å². The molecule has 0 aliphatic carbocycles. The largest absolute Gasteiger partial charge is 0.352 e. The van der Waals surface area contributed by atoms with Gasteiger partial charge in [0.25, 0.3) is 0 Å². The van der Waals surface area contributed by atoms with Crippen LogP contribution < -0.4 is 11.1 Å². The minimum absolute atomic E-state index is 0.0618. The molecule has 0 fully saturated rings. The van der Waals surface area contributed by atoms with Gasteiger partial charge in [-0.3, -0.25) is 4.79 Å². The number of rotatable bonds is 5. The molecule has 0 atom stereocenters. The van der Waals surface area contributed by atoms with Crippen LogP contribution in [0.2, 0.25) is 0 Å². The van der Waals surface area contributed by atoms with Crippen LogP contribution in [0, 0.1) is 13.8 Å². The first-order chi connectivity index (χ1) is 8.28. The molecule has 18 heavy (non-hydrogen) atoms. The number of nitrogens with one attached hydrogen (secondary N) is 1. The van der Waals surface area contributed by atoms with Crippen LogP contribution in [0.4, 0.5) is 0 Å². The Morgan fingerprint density at radius 1 is 1.28 bits per heavy atom. The molecule has 0 saturated heterocycles. The van der Waals surface area contributed by atoms with Gasteiger partial charge < -0.3 is 11.1 Å². The third-order valence-electron chi connectivity index (χ3n) is 3.06. The van der Waals surface area contributed by atoms with Gasteiger partial charge in [-0.2, -0.15) is 0 Å². The highest BCUT2D eigenvalue weighted by atomic mass is 16.1. The Morgan fingerprint density at radius 2 is 1.94 bits per heavy atom. The molecular weight excluding hydrogens is 224 g/mol. The zero-order valence-corrected chi connectivity index (χ0v) is 11.8. The summed E-state index contributed by atoms with van der Waals surface area (Å²) in [5, 5.41) is 2.92. The fourth-order valence-corrected chi connectivity index (χ4v) is 1.64. The first-order valence-electron chi connectivity index (χ1n) is 6.40. The van der Waals surface area contributed by atoms with Crippen LogP contribution in [-0.2, 0) is 11.3 Å². The van der Waals surface area contributed by atoms with E-state index < -0.39 is 0 Å². The van der Waals surface area contributed by atoms with Gasteiger partial charge in [-0.25, -0.2) is 0 Å². The zero-order valence-electron chi connectivity index (χ0n) is 11.8. The van der Waals surface area contributed by atoms with Gasteiger partial charge >= 0.3 is 0 Å². The summed E-state index contributed by atoms with van der Waals surface area (Å²) in [5.74, 6) is 0.0618. The lowest BCUT2D eigenvalue weighted by atomic mass is 10.00. The predicted octanol–water partition coefficient (Wildman–Crippen LogP) is 2.44. The highest BCUT2D eigenvalue weighted by Crippen LogP contribution is 2.10. The lowest BCUT2D eigenvalue weighted by Crippen LogP contribution is -2.34. The Hall–Kier alpha value is -1.35. The molecule has 0 aliphatic rings. The van der Waals surface area contributed by atoms with Crippen molar-refractivity contribution in [1.82, 2.24) is 5.32 Å². The number of benzene rings is 1. The van der Waals surface area contributed by atoms with Crippen LogP contribution in [0.5, 0.6) is 0 Å². The lowest BCUT2D eigenvalue weighted by Gasteiger charge is -2.17. The average Bonchev–Trinajstić information content (AvgIpc) is 2.27. The van der Waals surface area contributed by atoms with Crippen LogP contribution in [-0.4, -0.2) is 11.4 Å². The lowest BCUT2D eigenvalue weighted by molar-refractivity contribution is -0.121. The number of carbonyl (C=O) groups is 1. The maximum Gasteiger partial charge on any atom is 0.220 e. The van der Waals surface area contributed by atoms with E-state index in [1.807, 2.05) is 13.8 Å². The molecule has 0 radical (unpaired) electrons. The topological polar surface area (TPSA) is 55.1 Å². The fourth-order valence-electron chi connectivity index (χ4n) is 1.64. The highest BCUT2D eigenvalue weighted by molar-refractivity contribution is 5.75. The Morgan fingerprint density at radius 3 is 2.50 bits per heavy atom. The number of hydrogen-bond acceptors (Lipinski definition) is 2. The highest BCUT2D eigenvalue weighted by Gasteiger charge is 2.12. The molecule has 0 unspecified atom stereocenters. The van der Waals surface area contributed by atoms with E-state index >= 15 is 0 Å². The van der Waals surface area contributed by atoms with Gasteiger partial charge in [-0.1, -0.05) is 18.2 Å². The first kappa shape index (κ1) is 14.7. The third kappa shape index (κ3) is 5.32. The molecule has 100 valence electrons. The van der Waals surface area contributed by atoms with Gasteiger partial charge in [-0.05, 0) is 50.8 Å². The number of nitrogens with two attached hydrogens (primary N) is 1. The third-order valence-corrected chi connectivity index (χ3v) is 3.06. The number of carbonyl (C=O) groups excluding carboxylic acids is 1. The second-order valence-electron chi connectivity index (χ2n) is 5.68. The molecule has 1 rings (SSSR count). The van der Waals surface area contributed by atoms with Crippen molar-refractivity contribution in [3.8, 4) is 0 Å². The molecule has 0 aromatic heterocycles. The molecule has 1 amide bonds. The van der Waals surface area contributed by atoms with Crippen molar-refractivity contribution in [3.63, 3.8) is 0 Å². The van der Waals surface area contributed by atoms with Gasteiger partial charge in [0.2, 0.25) is 5.91 Å². The summed E-state index contributed by atoms with van der Waals surface area (Å²) < 4.78 is 0. The second kappa shape index (κ2) is 6.01. The van der Waals surface area contributed by atoms with E-state index in [-0.39, 0.29) is 11.4 Å². The van der Waals surface area contributed by atoms with Crippen LogP contribution in [0.25, 0.3) is 0 Å². The minimum Gasteiger partial charge on any atom is -0.352 e. The first-order valence-corrected chi connectivity index (χ1v) is 6.40. The van der Waals surface area contributed by atoms with Crippen LogP contribution in [0.3, 0.4) is 0 Å². The average molecular weight is 248 g/mol. The van der Waals surface area contributed by atoms with E-state index in [4.69, 9.17) is 5.73 Å². The number of amides is 1. The van der Waals surface area contributed by atoms with Gasteiger partial charge in [0.05, 0.1) is 0 Å². The summed E-state index contributed by atoms with van der Waals surface area (Å²) in [6.07, 6.45) is 1.18. The molecule has 1 aromatic rings. The molecular formula is C15H24N2O. The van der Waals surface area contributed by atoms with E-state index in [1.54, 1.807) is 0 Å². The maximum atomic E-state index is 11.6. The van der Waals surface area contributed by atoms with Crippen LogP contribution in [0.1, 0.15) is 43.4 Å². The summed E-state index contributed by atoms with van der Waals surface area (Å²) >= 11 is 0. The summed E-state index contributed by atoms with van der Waals surface area (Å²) in [6.45, 7) is 8.62. The van der Waals surface area contributed by atoms with E-state index in [9.17, 15) is 4.79 Å². The standard InChI is InChI=1S/C15H24N2O/c1-11-5-6-13(9-12(11)2)10-17-14(18)7-8-15(3,4)16/h5-6,9H,7-8,10,16H2,1-4H3,(H,17,18). The summed E-state index contributed by atoms with van der Waals surface area (Å²) in [5.41, 5.74) is 9.23. The van der Waals surface area contributed by atoms with Gasteiger partial charge in [0.15, 0.2) is 0 Å². The molecule has 1 aromatic carbocycles. The Labute approximate surface area is 110 Å². The zero-order chi connectivity index (χ0) is 13.8. The van der Waals surface area contributed by atoms with Gasteiger partial charge in [-0.15, -0.1) is 0 Å². The van der Waals surface area contributed by atoms with E-state index in [2.05, 4.69) is 37.4 Å². The van der Waals surface area contributed by atoms with E-state index in [1.165, 1.54) is 11.1 Å². The van der Waals surface area contributed by atoms with E-state index in [0.717, 1.165) is 5.56 Å². The second-order valence-corrected chi connectivity index (χ2v) is 5.68. The quantitative estimate of drug-likeness (QED) is 0.841. The monoisotopic (exact) mass is 248 g/mol. The molecule has 3 N–H and O–H groups in total. The Bertz CT molecular complexity index is 419. The maximum absolute atomic E-state index is 11.6. The molecule has 3 heteroatoms. The number of aryl methyl sites for hydroxylation is 2. The van der Waals surface area contributed by atoms with Crippen molar-refractivity contribution in [2.75, 3.05) is 0 Å². The molecule has 0 spiro atoms. The van der Waals surface area contributed by atoms with Crippen molar-refractivity contribution in [1.29, 1.82) is 0 Å². The normalized spacial score (nSPS) is 11.4.